The van der Waals surface area contributed by atoms with Gasteiger partial charge in [0.15, 0.2) is 5.65 Å². The van der Waals surface area contributed by atoms with Crippen LogP contribution in [0.25, 0.3) is 16.6 Å². The highest BCUT2D eigenvalue weighted by Crippen LogP contribution is 2.30. The number of aryl methyl sites for hydroxylation is 1. The molecule has 9 heteroatoms. The number of fused-ring (bicyclic) bond motifs is 3. The molecule has 5 rings (SSSR count). The molecule has 3 aromatic rings. The predicted octanol–water partition coefficient (Wildman–Crippen LogP) is 2.42. The Hall–Kier alpha value is -2.58. The fourth-order valence-electron chi connectivity index (χ4n) is 4.07. The average molecular weight is 415 g/mol. The number of carbonyl (C=O) groups excluding carboxylic acids is 1. The van der Waals surface area contributed by atoms with Crippen molar-refractivity contribution in [3.63, 3.8) is 0 Å². The second-order valence-electron chi connectivity index (χ2n) is 7.44. The molecule has 1 aromatic carbocycles. The smallest absolute Gasteiger partial charge is 0.320 e. The molecule has 2 aliphatic heterocycles. The van der Waals surface area contributed by atoms with Crippen LogP contribution in [0, 0.1) is 6.92 Å². The van der Waals surface area contributed by atoms with E-state index < -0.39 is 0 Å². The van der Waals surface area contributed by atoms with Crippen molar-refractivity contribution >= 4 is 40.0 Å². The number of anilines is 1. The zero-order chi connectivity index (χ0) is 20.0. The molecule has 29 heavy (non-hydrogen) atoms. The zero-order valence-electron chi connectivity index (χ0n) is 16.3. The van der Waals surface area contributed by atoms with Crippen LogP contribution in [-0.2, 0) is 4.74 Å². The van der Waals surface area contributed by atoms with Gasteiger partial charge < -0.3 is 19.4 Å². The number of halogens is 1. The minimum atomic E-state index is 0.107. The maximum absolute atomic E-state index is 12.8. The lowest BCUT2D eigenvalue weighted by Crippen LogP contribution is -2.55. The van der Waals surface area contributed by atoms with E-state index in [2.05, 4.69) is 16.1 Å². The van der Waals surface area contributed by atoms with Gasteiger partial charge in [-0.25, -0.2) is 14.3 Å². The van der Waals surface area contributed by atoms with Crippen molar-refractivity contribution in [3.05, 3.63) is 35.0 Å². The lowest BCUT2D eigenvalue weighted by atomic mass is 10.2. The summed E-state index contributed by atoms with van der Waals surface area (Å²) >= 11 is 6.47. The first-order chi connectivity index (χ1) is 14.1. The van der Waals surface area contributed by atoms with E-state index in [1.165, 1.54) is 0 Å². The van der Waals surface area contributed by atoms with Crippen LogP contribution >= 0.6 is 11.6 Å². The van der Waals surface area contributed by atoms with E-state index in [1.807, 2.05) is 39.4 Å². The minimum Gasteiger partial charge on any atom is -0.378 e. The molecule has 2 aromatic heterocycles. The van der Waals surface area contributed by atoms with Crippen molar-refractivity contribution in [2.75, 3.05) is 57.4 Å². The van der Waals surface area contributed by atoms with Gasteiger partial charge in [-0.15, -0.1) is 0 Å². The van der Waals surface area contributed by atoms with E-state index >= 15 is 0 Å². The lowest BCUT2D eigenvalue weighted by molar-refractivity contribution is 0.0428. The van der Waals surface area contributed by atoms with E-state index in [9.17, 15) is 4.79 Å². The monoisotopic (exact) mass is 414 g/mol. The topological polar surface area (TPSA) is 66.2 Å². The Morgan fingerprint density at radius 1 is 1.03 bits per heavy atom. The molecule has 152 valence electrons. The first kappa shape index (κ1) is 18.4. The van der Waals surface area contributed by atoms with Gasteiger partial charge in [-0.3, -0.25) is 0 Å². The highest BCUT2D eigenvalue weighted by Gasteiger charge is 2.28. The lowest BCUT2D eigenvalue weighted by Gasteiger charge is -2.39. The van der Waals surface area contributed by atoms with Crippen molar-refractivity contribution < 1.29 is 9.53 Å². The first-order valence-corrected chi connectivity index (χ1v) is 10.3. The van der Waals surface area contributed by atoms with Crippen molar-refractivity contribution in [2.24, 2.45) is 0 Å². The fraction of sp³-hybridized carbons (Fsp3) is 0.450. The van der Waals surface area contributed by atoms with Crippen molar-refractivity contribution in [2.45, 2.75) is 6.92 Å². The third-order valence-electron chi connectivity index (χ3n) is 5.68. The van der Waals surface area contributed by atoms with Crippen LogP contribution in [-0.4, -0.2) is 82.9 Å². The number of nitrogens with zero attached hydrogens (tertiary/aromatic N) is 6. The molecule has 2 amide bonds. The van der Waals surface area contributed by atoms with Gasteiger partial charge in [0.1, 0.15) is 10.8 Å². The molecule has 0 bridgehead atoms. The number of piperazine rings is 1. The van der Waals surface area contributed by atoms with Crippen LogP contribution in [0.1, 0.15) is 5.69 Å². The number of rotatable bonds is 1. The number of amides is 2. The Balaban J connectivity index is 1.43. The molecule has 0 aliphatic carbocycles. The number of hydrogen-bond acceptors (Lipinski definition) is 5. The Labute approximate surface area is 173 Å². The molecular weight excluding hydrogens is 392 g/mol. The summed E-state index contributed by atoms with van der Waals surface area (Å²) in [5, 5.41) is 6.17. The molecule has 2 aliphatic rings. The third kappa shape index (κ3) is 3.16. The van der Waals surface area contributed by atoms with Gasteiger partial charge in [0.05, 0.1) is 24.4 Å². The number of aromatic nitrogens is 3. The van der Waals surface area contributed by atoms with Crippen LogP contribution in [0.2, 0.25) is 5.02 Å². The fourth-order valence-corrected chi connectivity index (χ4v) is 4.23. The maximum Gasteiger partial charge on any atom is 0.320 e. The molecule has 2 fully saturated rings. The van der Waals surface area contributed by atoms with Crippen molar-refractivity contribution in [1.29, 1.82) is 0 Å². The van der Waals surface area contributed by atoms with Crippen LogP contribution in [0.5, 0.6) is 0 Å². The summed E-state index contributed by atoms with van der Waals surface area (Å²) in [6.45, 7) is 7.26. The SMILES string of the molecule is Cc1nn2c(nc(N3CCN(C(=O)N4CCOCC4)CC3)c3ccccc32)c1Cl. The van der Waals surface area contributed by atoms with Crippen LogP contribution in [0.3, 0.4) is 0 Å². The summed E-state index contributed by atoms with van der Waals surface area (Å²) in [7, 11) is 0. The Bertz CT molecular complexity index is 1070. The summed E-state index contributed by atoms with van der Waals surface area (Å²) in [6.07, 6.45) is 0. The van der Waals surface area contributed by atoms with E-state index in [0.717, 1.165) is 35.5 Å². The van der Waals surface area contributed by atoms with Crippen molar-refractivity contribution in [3.8, 4) is 0 Å². The van der Waals surface area contributed by atoms with Gasteiger partial charge in [0, 0.05) is 44.7 Å². The molecule has 8 nitrogen and oxygen atoms in total. The van der Waals surface area contributed by atoms with Gasteiger partial charge in [-0.2, -0.15) is 5.10 Å². The van der Waals surface area contributed by atoms with Gasteiger partial charge >= 0.3 is 6.03 Å². The number of morpholine rings is 1. The van der Waals surface area contributed by atoms with E-state index in [0.29, 0.717) is 50.1 Å². The summed E-state index contributed by atoms with van der Waals surface area (Å²) in [5.74, 6) is 0.897. The number of urea groups is 1. The maximum atomic E-state index is 12.8. The van der Waals surface area contributed by atoms with Gasteiger partial charge in [-0.1, -0.05) is 23.7 Å². The van der Waals surface area contributed by atoms with E-state index in [4.69, 9.17) is 21.3 Å². The first-order valence-electron chi connectivity index (χ1n) is 9.93. The molecule has 0 radical (unpaired) electrons. The summed E-state index contributed by atoms with van der Waals surface area (Å²) < 4.78 is 7.17. The normalized spacial score (nSPS) is 18.1. The molecular formula is C20H23ClN6O2. The molecule has 0 N–H and O–H groups in total. The third-order valence-corrected chi connectivity index (χ3v) is 6.12. The average Bonchev–Trinajstić information content (AvgIpc) is 3.07. The molecule has 0 saturated carbocycles. The molecule has 0 atom stereocenters. The number of hydrogen-bond donors (Lipinski definition) is 0. The standard InChI is InChI=1S/C20H23ClN6O2/c1-14-17(21)19-22-18(15-4-2-3-5-16(15)27(19)23-14)24-6-8-25(9-7-24)20(28)26-10-12-29-13-11-26/h2-5H,6-13H2,1H3. The van der Waals surface area contributed by atoms with Crippen LogP contribution in [0.4, 0.5) is 10.6 Å². The molecule has 0 spiro atoms. The molecule has 4 heterocycles. The zero-order valence-corrected chi connectivity index (χ0v) is 17.1. The number of ether oxygens (including phenoxy) is 1. The number of carbonyl (C=O) groups is 1. The van der Waals surface area contributed by atoms with E-state index in [-0.39, 0.29) is 6.03 Å². The largest absolute Gasteiger partial charge is 0.378 e. The van der Waals surface area contributed by atoms with Gasteiger partial charge in [0.25, 0.3) is 0 Å². The van der Waals surface area contributed by atoms with Gasteiger partial charge in [-0.05, 0) is 19.1 Å². The highest BCUT2D eigenvalue weighted by atomic mass is 35.5. The Morgan fingerprint density at radius 2 is 1.72 bits per heavy atom. The Kier molecular flexibility index (Phi) is 4.67. The van der Waals surface area contributed by atoms with Crippen LogP contribution in [0.15, 0.2) is 24.3 Å². The molecule has 2 saturated heterocycles. The highest BCUT2D eigenvalue weighted by molar-refractivity contribution is 6.34. The Morgan fingerprint density at radius 3 is 2.48 bits per heavy atom. The molecule has 0 unspecified atom stereocenters. The quantitative estimate of drug-likeness (QED) is 0.611. The second-order valence-corrected chi connectivity index (χ2v) is 7.82. The predicted molar refractivity (Wildman–Crippen MR) is 112 cm³/mol. The second kappa shape index (κ2) is 7.35. The number of para-hydroxylation sites is 1. The van der Waals surface area contributed by atoms with Crippen molar-refractivity contribution in [1.82, 2.24) is 24.4 Å². The number of benzene rings is 1. The summed E-state index contributed by atoms with van der Waals surface area (Å²) in [6, 6.07) is 8.21. The van der Waals surface area contributed by atoms with Gasteiger partial charge in [0.2, 0.25) is 0 Å². The summed E-state index contributed by atoms with van der Waals surface area (Å²) in [4.78, 5) is 23.7. The van der Waals surface area contributed by atoms with Crippen LogP contribution < -0.4 is 4.90 Å². The minimum absolute atomic E-state index is 0.107. The summed E-state index contributed by atoms with van der Waals surface area (Å²) in [5.41, 5.74) is 2.42. The van der Waals surface area contributed by atoms with E-state index in [1.54, 1.807) is 0 Å².